The van der Waals surface area contributed by atoms with E-state index in [0.29, 0.717) is 12.1 Å². The molecule has 36 heavy (non-hydrogen) atoms. The van der Waals surface area contributed by atoms with Gasteiger partial charge in [-0.05, 0) is 30.3 Å². The first-order chi connectivity index (χ1) is 16.7. The third-order valence-electron chi connectivity index (χ3n) is 4.61. The number of hydrogen-bond donors (Lipinski definition) is 2. The number of hydrogen-bond acceptors (Lipinski definition) is 4. The number of benzene rings is 2. The SMILES string of the molecule is CS(=O)(=O)Nc1c(F)cc(F)cc1CNC(=O)C=Cc1ccc(C(F)(F)F)nc1-c1cccc(F)c1. The Balaban J connectivity index is 1.86. The second kappa shape index (κ2) is 10.4. The van der Waals surface area contributed by atoms with Gasteiger partial charge in [0.1, 0.15) is 17.3 Å². The van der Waals surface area contributed by atoms with E-state index in [1.54, 1.807) is 0 Å². The van der Waals surface area contributed by atoms with Crippen LogP contribution in [0.15, 0.2) is 54.6 Å². The summed E-state index contributed by atoms with van der Waals surface area (Å²) in [5.74, 6) is -3.74. The first-order valence-corrected chi connectivity index (χ1v) is 11.9. The topological polar surface area (TPSA) is 88.2 Å². The van der Waals surface area contributed by atoms with Gasteiger partial charge in [0.2, 0.25) is 15.9 Å². The standard InChI is InChI=1S/C23H17F6N3O3S/c1-36(34,35)32-22-15(10-17(25)11-18(22)26)12-30-20(33)8-6-13-5-7-19(23(27,28)29)31-21(13)14-3-2-4-16(24)9-14/h2-11,32H,12H2,1H3,(H,30,33). The molecule has 1 heterocycles. The molecule has 3 aromatic rings. The number of aromatic nitrogens is 1. The smallest absolute Gasteiger partial charge is 0.348 e. The quantitative estimate of drug-likeness (QED) is 0.337. The number of pyridine rings is 1. The first kappa shape index (κ1) is 26.7. The van der Waals surface area contributed by atoms with Crippen LogP contribution in [0.4, 0.5) is 32.0 Å². The molecular formula is C23H17F6N3O3S. The molecule has 3 rings (SSSR count). The van der Waals surface area contributed by atoms with Crippen LogP contribution in [-0.2, 0) is 27.5 Å². The number of amides is 1. The maximum atomic E-state index is 14.1. The predicted molar refractivity (Wildman–Crippen MR) is 120 cm³/mol. The van der Waals surface area contributed by atoms with Gasteiger partial charge < -0.3 is 5.32 Å². The Hall–Kier alpha value is -3.87. The molecule has 0 saturated heterocycles. The number of sulfonamides is 1. The summed E-state index contributed by atoms with van der Waals surface area (Å²) in [6.07, 6.45) is -1.95. The van der Waals surface area contributed by atoms with Gasteiger partial charge >= 0.3 is 6.18 Å². The van der Waals surface area contributed by atoms with Crippen LogP contribution in [0.2, 0.25) is 0 Å². The molecular weight excluding hydrogens is 512 g/mol. The van der Waals surface area contributed by atoms with Gasteiger partial charge in [-0.25, -0.2) is 26.6 Å². The summed E-state index contributed by atoms with van der Waals surface area (Å²) in [6, 6.07) is 7.74. The van der Waals surface area contributed by atoms with Gasteiger partial charge in [-0.15, -0.1) is 0 Å². The normalized spacial score (nSPS) is 12.1. The minimum absolute atomic E-state index is 0.0351. The highest BCUT2D eigenvalue weighted by Gasteiger charge is 2.33. The minimum Gasteiger partial charge on any atom is -0.348 e. The molecule has 1 aromatic heterocycles. The number of nitrogens with zero attached hydrogens (tertiary/aromatic N) is 1. The number of carbonyl (C=O) groups excluding carboxylic acids is 1. The maximum Gasteiger partial charge on any atom is 0.433 e. The largest absolute Gasteiger partial charge is 0.433 e. The van der Waals surface area contributed by atoms with Crippen LogP contribution in [0.5, 0.6) is 0 Å². The highest BCUT2D eigenvalue weighted by molar-refractivity contribution is 7.92. The first-order valence-electron chi connectivity index (χ1n) is 9.99. The lowest BCUT2D eigenvalue weighted by atomic mass is 10.0. The molecule has 0 atom stereocenters. The van der Waals surface area contributed by atoms with Crippen molar-refractivity contribution in [2.45, 2.75) is 12.7 Å². The molecule has 2 aromatic carbocycles. The van der Waals surface area contributed by atoms with Crippen molar-refractivity contribution in [3.05, 3.63) is 88.9 Å². The third-order valence-corrected chi connectivity index (χ3v) is 5.18. The Morgan fingerprint density at radius 1 is 1.03 bits per heavy atom. The summed E-state index contributed by atoms with van der Waals surface area (Å²) >= 11 is 0. The number of carbonyl (C=O) groups is 1. The fourth-order valence-electron chi connectivity index (χ4n) is 3.10. The second-order valence-electron chi connectivity index (χ2n) is 7.49. The number of nitrogens with one attached hydrogen (secondary N) is 2. The summed E-state index contributed by atoms with van der Waals surface area (Å²) in [5.41, 5.74) is -2.13. The molecule has 0 fully saturated rings. The van der Waals surface area contributed by atoms with Crippen LogP contribution in [0.3, 0.4) is 0 Å². The molecule has 190 valence electrons. The van der Waals surface area contributed by atoms with Gasteiger partial charge in [-0.1, -0.05) is 18.2 Å². The second-order valence-corrected chi connectivity index (χ2v) is 9.24. The molecule has 13 heteroatoms. The third kappa shape index (κ3) is 7.07. The van der Waals surface area contributed by atoms with E-state index in [1.165, 1.54) is 12.1 Å². The summed E-state index contributed by atoms with van der Waals surface area (Å²) < 4.78 is 106. The zero-order valence-corrected chi connectivity index (χ0v) is 19.1. The van der Waals surface area contributed by atoms with Gasteiger partial charge in [0, 0.05) is 35.4 Å². The summed E-state index contributed by atoms with van der Waals surface area (Å²) in [4.78, 5) is 15.9. The number of anilines is 1. The summed E-state index contributed by atoms with van der Waals surface area (Å²) in [6.45, 7) is -0.488. The lowest BCUT2D eigenvalue weighted by molar-refractivity contribution is -0.141. The Labute approximate surface area is 201 Å². The average molecular weight is 529 g/mol. The molecule has 0 saturated carbocycles. The number of halogens is 6. The van der Waals surface area contributed by atoms with Crippen LogP contribution in [0.1, 0.15) is 16.8 Å². The van der Waals surface area contributed by atoms with E-state index in [9.17, 15) is 39.6 Å². The van der Waals surface area contributed by atoms with Crippen molar-refractivity contribution in [3.63, 3.8) is 0 Å². The van der Waals surface area contributed by atoms with Crippen molar-refractivity contribution < 1.29 is 39.6 Å². The molecule has 0 unspecified atom stereocenters. The van der Waals surface area contributed by atoms with E-state index >= 15 is 0 Å². The lowest BCUT2D eigenvalue weighted by Crippen LogP contribution is -2.22. The van der Waals surface area contributed by atoms with Gasteiger partial charge in [-0.3, -0.25) is 9.52 Å². The van der Waals surface area contributed by atoms with Crippen molar-refractivity contribution in [2.24, 2.45) is 0 Å². The molecule has 0 aliphatic heterocycles. The molecule has 0 spiro atoms. The Kier molecular flexibility index (Phi) is 7.72. The highest BCUT2D eigenvalue weighted by Crippen LogP contribution is 2.32. The number of alkyl halides is 3. The van der Waals surface area contributed by atoms with Crippen LogP contribution in [0, 0.1) is 17.5 Å². The fourth-order valence-corrected chi connectivity index (χ4v) is 3.70. The maximum absolute atomic E-state index is 14.1. The van der Waals surface area contributed by atoms with E-state index in [2.05, 4.69) is 10.3 Å². The zero-order chi connectivity index (χ0) is 26.7. The summed E-state index contributed by atoms with van der Waals surface area (Å²) in [5, 5.41) is 2.30. The molecule has 0 radical (unpaired) electrons. The lowest BCUT2D eigenvalue weighted by Gasteiger charge is -2.13. The molecule has 0 bridgehead atoms. The van der Waals surface area contributed by atoms with E-state index in [1.807, 2.05) is 4.72 Å². The van der Waals surface area contributed by atoms with E-state index in [-0.39, 0.29) is 22.4 Å². The van der Waals surface area contributed by atoms with Crippen LogP contribution in [-0.4, -0.2) is 25.6 Å². The summed E-state index contributed by atoms with van der Waals surface area (Å²) in [7, 11) is -3.92. The van der Waals surface area contributed by atoms with E-state index in [4.69, 9.17) is 0 Å². The van der Waals surface area contributed by atoms with Gasteiger partial charge in [0.25, 0.3) is 0 Å². The van der Waals surface area contributed by atoms with Crippen molar-refractivity contribution in [2.75, 3.05) is 11.0 Å². The molecule has 0 aliphatic carbocycles. The average Bonchev–Trinajstić information content (AvgIpc) is 2.76. The molecule has 0 aliphatic rings. The Bertz CT molecular complexity index is 1440. The van der Waals surface area contributed by atoms with Crippen LogP contribution >= 0.6 is 0 Å². The van der Waals surface area contributed by atoms with E-state index < -0.39 is 57.5 Å². The van der Waals surface area contributed by atoms with Crippen molar-refractivity contribution in [1.82, 2.24) is 10.3 Å². The minimum atomic E-state index is -4.76. The fraction of sp³-hybridized carbons (Fsp3) is 0.130. The zero-order valence-electron chi connectivity index (χ0n) is 18.3. The number of rotatable bonds is 7. The van der Waals surface area contributed by atoms with Crippen LogP contribution < -0.4 is 10.0 Å². The molecule has 2 N–H and O–H groups in total. The van der Waals surface area contributed by atoms with Crippen molar-refractivity contribution >= 4 is 27.7 Å². The predicted octanol–water partition coefficient (Wildman–Crippen LogP) is 4.89. The van der Waals surface area contributed by atoms with Crippen LogP contribution in [0.25, 0.3) is 17.3 Å². The van der Waals surface area contributed by atoms with Crippen molar-refractivity contribution in [3.8, 4) is 11.3 Å². The molecule has 1 amide bonds. The van der Waals surface area contributed by atoms with Gasteiger partial charge in [-0.2, -0.15) is 13.2 Å². The van der Waals surface area contributed by atoms with E-state index in [0.717, 1.165) is 42.7 Å². The molecule has 6 nitrogen and oxygen atoms in total. The van der Waals surface area contributed by atoms with Crippen molar-refractivity contribution in [1.29, 1.82) is 0 Å². The monoisotopic (exact) mass is 529 g/mol. The Morgan fingerprint density at radius 2 is 1.75 bits per heavy atom. The van der Waals surface area contributed by atoms with Gasteiger partial charge in [0.15, 0.2) is 5.82 Å². The Morgan fingerprint density at radius 3 is 2.39 bits per heavy atom. The van der Waals surface area contributed by atoms with Gasteiger partial charge in [0.05, 0.1) is 17.6 Å². The highest BCUT2D eigenvalue weighted by atomic mass is 32.2.